The summed E-state index contributed by atoms with van der Waals surface area (Å²) in [4.78, 5) is 19.1. The molecule has 7 heteroatoms. The topological polar surface area (TPSA) is 98.2 Å². The standard InChI is InChI=1S/C7H8N6O/c1-4-5(6(14)12-8)2-9-7-10-3-11-13(4)7/h2-3H,8H2,1H3,(H,12,14). The fourth-order valence-corrected chi connectivity index (χ4v) is 1.19. The number of hydrogen-bond acceptors (Lipinski definition) is 5. The molecule has 0 aliphatic carbocycles. The lowest BCUT2D eigenvalue weighted by molar-refractivity contribution is 0.0952. The van der Waals surface area contributed by atoms with Crippen LogP contribution in [-0.2, 0) is 0 Å². The molecule has 0 fully saturated rings. The van der Waals surface area contributed by atoms with E-state index in [-0.39, 0.29) is 0 Å². The summed E-state index contributed by atoms with van der Waals surface area (Å²) in [5.41, 5.74) is 3.07. The van der Waals surface area contributed by atoms with Gasteiger partial charge < -0.3 is 0 Å². The largest absolute Gasteiger partial charge is 0.290 e. The summed E-state index contributed by atoms with van der Waals surface area (Å²) in [7, 11) is 0. The molecule has 0 saturated heterocycles. The molecule has 14 heavy (non-hydrogen) atoms. The molecule has 7 nitrogen and oxygen atoms in total. The van der Waals surface area contributed by atoms with Crippen LogP contribution in [0.2, 0.25) is 0 Å². The highest BCUT2D eigenvalue weighted by atomic mass is 16.2. The molecular formula is C7H8N6O. The third kappa shape index (κ3) is 1.11. The summed E-state index contributed by atoms with van der Waals surface area (Å²) in [5.74, 6) is 5.08. The third-order valence-corrected chi connectivity index (χ3v) is 1.92. The van der Waals surface area contributed by atoms with Gasteiger partial charge in [0.2, 0.25) is 0 Å². The number of carbonyl (C=O) groups excluding carboxylic acids is 1. The number of rotatable bonds is 1. The Bertz CT molecular complexity index is 490. The fraction of sp³-hybridized carbons (Fsp3) is 0.143. The quantitative estimate of drug-likeness (QED) is 0.344. The third-order valence-electron chi connectivity index (χ3n) is 1.92. The van der Waals surface area contributed by atoms with E-state index in [4.69, 9.17) is 5.84 Å². The van der Waals surface area contributed by atoms with Gasteiger partial charge in [0.05, 0.1) is 11.3 Å². The summed E-state index contributed by atoms with van der Waals surface area (Å²) < 4.78 is 1.48. The highest BCUT2D eigenvalue weighted by Crippen LogP contribution is 2.06. The van der Waals surface area contributed by atoms with Gasteiger partial charge in [-0.2, -0.15) is 10.1 Å². The minimum Gasteiger partial charge on any atom is -0.290 e. The zero-order chi connectivity index (χ0) is 10.1. The molecular weight excluding hydrogens is 184 g/mol. The second-order valence-electron chi connectivity index (χ2n) is 2.70. The molecule has 2 rings (SSSR count). The van der Waals surface area contributed by atoms with Crippen molar-refractivity contribution in [2.75, 3.05) is 0 Å². The molecule has 3 N–H and O–H groups in total. The number of nitrogens with one attached hydrogen (secondary N) is 1. The van der Waals surface area contributed by atoms with Gasteiger partial charge in [0.25, 0.3) is 11.7 Å². The molecule has 0 atom stereocenters. The maximum atomic E-state index is 11.3. The number of hydrazine groups is 1. The minimum atomic E-state index is -0.396. The summed E-state index contributed by atoms with van der Waals surface area (Å²) in [6.45, 7) is 1.74. The van der Waals surface area contributed by atoms with Crippen LogP contribution in [0.1, 0.15) is 16.1 Å². The molecule has 2 aromatic heterocycles. The van der Waals surface area contributed by atoms with Crippen molar-refractivity contribution in [1.82, 2.24) is 25.0 Å². The van der Waals surface area contributed by atoms with Crippen molar-refractivity contribution in [1.29, 1.82) is 0 Å². The summed E-state index contributed by atoms with van der Waals surface area (Å²) >= 11 is 0. The van der Waals surface area contributed by atoms with Crippen molar-refractivity contribution in [3.8, 4) is 0 Å². The van der Waals surface area contributed by atoms with E-state index in [1.54, 1.807) is 6.92 Å². The number of nitrogens with zero attached hydrogens (tertiary/aromatic N) is 4. The molecule has 0 radical (unpaired) electrons. The van der Waals surface area contributed by atoms with E-state index in [0.29, 0.717) is 17.0 Å². The number of amides is 1. The Morgan fingerprint density at radius 3 is 3.07 bits per heavy atom. The summed E-state index contributed by atoms with van der Waals surface area (Å²) in [6.07, 6.45) is 2.79. The molecule has 0 aromatic carbocycles. The first kappa shape index (κ1) is 8.57. The van der Waals surface area contributed by atoms with Crippen LogP contribution in [0.3, 0.4) is 0 Å². The first-order valence-electron chi connectivity index (χ1n) is 3.90. The van der Waals surface area contributed by atoms with E-state index in [9.17, 15) is 4.79 Å². The van der Waals surface area contributed by atoms with Gasteiger partial charge in [0.1, 0.15) is 6.33 Å². The number of nitrogen functional groups attached to an aromatic ring is 1. The zero-order valence-electron chi connectivity index (χ0n) is 7.43. The van der Waals surface area contributed by atoms with Crippen LogP contribution < -0.4 is 11.3 Å². The van der Waals surface area contributed by atoms with Gasteiger partial charge in [-0.3, -0.25) is 10.2 Å². The van der Waals surface area contributed by atoms with Crippen molar-refractivity contribution in [2.24, 2.45) is 5.84 Å². The predicted octanol–water partition coefficient (Wildman–Crippen LogP) is -0.964. The van der Waals surface area contributed by atoms with Crippen molar-refractivity contribution in [2.45, 2.75) is 6.92 Å². The molecule has 0 aliphatic heterocycles. The second-order valence-corrected chi connectivity index (χ2v) is 2.70. The van der Waals surface area contributed by atoms with Gasteiger partial charge in [0.15, 0.2) is 0 Å². The number of carbonyl (C=O) groups is 1. The van der Waals surface area contributed by atoms with Gasteiger partial charge in [0, 0.05) is 6.20 Å². The Morgan fingerprint density at radius 2 is 2.36 bits per heavy atom. The summed E-state index contributed by atoms with van der Waals surface area (Å²) in [5, 5.41) is 3.92. The molecule has 0 bridgehead atoms. The minimum absolute atomic E-state index is 0.380. The molecule has 2 heterocycles. The van der Waals surface area contributed by atoms with Crippen molar-refractivity contribution in [3.63, 3.8) is 0 Å². The number of hydrogen-bond donors (Lipinski definition) is 2. The van der Waals surface area contributed by atoms with E-state index in [1.807, 2.05) is 5.43 Å². The van der Waals surface area contributed by atoms with Crippen LogP contribution in [0.15, 0.2) is 12.5 Å². The van der Waals surface area contributed by atoms with E-state index in [0.717, 1.165) is 0 Å². The van der Waals surface area contributed by atoms with Crippen LogP contribution in [0.5, 0.6) is 0 Å². The lowest BCUT2D eigenvalue weighted by Crippen LogP contribution is -2.31. The Morgan fingerprint density at radius 1 is 1.57 bits per heavy atom. The number of aryl methyl sites for hydroxylation is 1. The number of aromatic nitrogens is 4. The van der Waals surface area contributed by atoms with Gasteiger partial charge in [-0.05, 0) is 6.92 Å². The van der Waals surface area contributed by atoms with Crippen LogP contribution in [0, 0.1) is 6.92 Å². The molecule has 0 spiro atoms. The van der Waals surface area contributed by atoms with Crippen molar-refractivity contribution < 1.29 is 4.79 Å². The van der Waals surface area contributed by atoms with E-state index < -0.39 is 5.91 Å². The van der Waals surface area contributed by atoms with Crippen LogP contribution in [0.4, 0.5) is 0 Å². The Hall–Kier alpha value is -2.02. The maximum Gasteiger partial charge on any atom is 0.268 e. The number of nitrogens with two attached hydrogens (primary N) is 1. The molecule has 0 aliphatic rings. The van der Waals surface area contributed by atoms with Crippen LogP contribution >= 0.6 is 0 Å². The van der Waals surface area contributed by atoms with Crippen molar-refractivity contribution in [3.05, 3.63) is 23.8 Å². The van der Waals surface area contributed by atoms with E-state index in [1.165, 1.54) is 17.0 Å². The smallest absolute Gasteiger partial charge is 0.268 e. The fourth-order valence-electron chi connectivity index (χ4n) is 1.19. The van der Waals surface area contributed by atoms with Gasteiger partial charge in [-0.15, -0.1) is 0 Å². The monoisotopic (exact) mass is 192 g/mol. The Labute approximate surface area is 78.9 Å². The molecule has 2 aromatic rings. The molecule has 72 valence electrons. The van der Waals surface area contributed by atoms with Gasteiger partial charge >= 0.3 is 0 Å². The number of fused-ring (bicyclic) bond motifs is 1. The van der Waals surface area contributed by atoms with E-state index in [2.05, 4.69) is 15.1 Å². The SMILES string of the molecule is Cc1c(C(=O)NN)cnc2ncnn12. The van der Waals surface area contributed by atoms with Crippen LogP contribution in [0.25, 0.3) is 5.78 Å². The highest BCUT2D eigenvalue weighted by Gasteiger charge is 2.11. The van der Waals surface area contributed by atoms with Crippen LogP contribution in [-0.4, -0.2) is 25.5 Å². The normalized spacial score (nSPS) is 10.4. The summed E-state index contributed by atoms with van der Waals surface area (Å²) in [6, 6.07) is 0. The lowest BCUT2D eigenvalue weighted by atomic mass is 10.2. The molecule has 0 unspecified atom stereocenters. The van der Waals surface area contributed by atoms with E-state index >= 15 is 0 Å². The average Bonchev–Trinajstić information content (AvgIpc) is 2.66. The Kier molecular flexibility index (Phi) is 1.86. The first-order valence-corrected chi connectivity index (χ1v) is 3.90. The average molecular weight is 192 g/mol. The first-order chi connectivity index (χ1) is 6.74. The highest BCUT2D eigenvalue weighted by molar-refractivity contribution is 5.94. The maximum absolute atomic E-state index is 11.3. The lowest BCUT2D eigenvalue weighted by Gasteiger charge is -2.03. The van der Waals surface area contributed by atoms with Crippen molar-refractivity contribution >= 4 is 11.7 Å². The predicted molar refractivity (Wildman–Crippen MR) is 47.2 cm³/mol. The molecule has 1 amide bonds. The second kappa shape index (κ2) is 3.04. The Balaban J connectivity index is 2.67. The van der Waals surface area contributed by atoms with Gasteiger partial charge in [-0.25, -0.2) is 15.3 Å². The zero-order valence-corrected chi connectivity index (χ0v) is 7.43. The molecule has 0 saturated carbocycles. The van der Waals surface area contributed by atoms with Gasteiger partial charge in [-0.1, -0.05) is 0 Å².